The van der Waals surface area contributed by atoms with Crippen LogP contribution in [0.3, 0.4) is 0 Å². The molecule has 1 unspecified atom stereocenters. The van der Waals surface area contributed by atoms with Gasteiger partial charge in [-0.05, 0) is 6.07 Å². The topological polar surface area (TPSA) is 81.8 Å². The van der Waals surface area contributed by atoms with Gasteiger partial charge in [0.1, 0.15) is 17.7 Å². The minimum absolute atomic E-state index is 0.0989. The average Bonchev–Trinajstić information content (AvgIpc) is 2.46. The minimum atomic E-state index is -0.816. The van der Waals surface area contributed by atoms with Crippen LogP contribution in [0.25, 0.3) is 0 Å². The van der Waals surface area contributed by atoms with Crippen LogP contribution in [-0.2, 0) is 0 Å². The van der Waals surface area contributed by atoms with Gasteiger partial charge in [0.25, 0.3) is 0 Å². The molecule has 2 N–H and O–H groups in total. The van der Waals surface area contributed by atoms with E-state index >= 15 is 0 Å². The molecule has 2 aromatic rings. The highest BCUT2D eigenvalue weighted by Gasteiger charge is 2.16. The molecule has 0 spiro atoms. The molecule has 1 aromatic carbocycles. The van der Waals surface area contributed by atoms with Gasteiger partial charge in [0.05, 0.1) is 30.6 Å². The fourth-order valence-electron chi connectivity index (χ4n) is 1.62. The Morgan fingerprint density at radius 3 is 2.55 bits per heavy atom. The van der Waals surface area contributed by atoms with Crippen LogP contribution in [-0.4, -0.2) is 21.7 Å². The third-order valence-corrected chi connectivity index (χ3v) is 2.60. The van der Waals surface area contributed by atoms with E-state index in [1.165, 1.54) is 18.5 Å². The molecular formula is C13H10F2N4O. The first-order valence-electron chi connectivity index (χ1n) is 5.68. The summed E-state index contributed by atoms with van der Waals surface area (Å²) in [5.74, 6) is -1.34. The van der Waals surface area contributed by atoms with Gasteiger partial charge in [0, 0.05) is 11.6 Å². The van der Waals surface area contributed by atoms with Gasteiger partial charge >= 0.3 is 0 Å². The summed E-state index contributed by atoms with van der Waals surface area (Å²) < 4.78 is 26.5. The van der Waals surface area contributed by atoms with Gasteiger partial charge in [0.15, 0.2) is 0 Å². The first kappa shape index (κ1) is 13.8. The van der Waals surface area contributed by atoms with E-state index in [0.717, 1.165) is 12.1 Å². The third kappa shape index (κ3) is 3.05. The van der Waals surface area contributed by atoms with Crippen molar-refractivity contribution in [2.24, 2.45) is 0 Å². The Morgan fingerprint density at radius 1 is 1.30 bits per heavy atom. The van der Waals surface area contributed by atoms with E-state index in [2.05, 4.69) is 15.3 Å². The lowest BCUT2D eigenvalue weighted by molar-refractivity contribution is 0.273. The van der Waals surface area contributed by atoms with Gasteiger partial charge in [0.2, 0.25) is 5.95 Å². The number of hydrogen-bond acceptors (Lipinski definition) is 5. The Morgan fingerprint density at radius 2 is 2.00 bits per heavy atom. The third-order valence-electron chi connectivity index (χ3n) is 2.60. The number of nitriles is 1. The number of aromatic nitrogens is 2. The molecule has 0 saturated heterocycles. The zero-order valence-electron chi connectivity index (χ0n) is 10.2. The number of aliphatic hydroxyl groups is 1. The van der Waals surface area contributed by atoms with Crippen LogP contribution in [0.2, 0.25) is 0 Å². The summed E-state index contributed by atoms with van der Waals surface area (Å²) >= 11 is 0. The summed E-state index contributed by atoms with van der Waals surface area (Å²) in [5, 5.41) is 20.6. The first-order chi connectivity index (χ1) is 9.63. The Kier molecular flexibility index (Phi) is 4.17. The van der Waals surface area contributed by atoms with E-state index in [1.54, 1.807) is 0 Å². The van der Waals surface area contributed by atoms with Crippen LogP contribution in [0.15, 0.2) is 30.6 Å². The lowest BCUT2D eigenvalue weighted by Gasteiger charge is -2.17. The largest absolute Gasteiger partial charge is 0.394 e. The Labute approximate surface area is 113 Å². The fraction of sp³-hybridized carbons (Fsp3) is 0.154. The van der Waals surface area contributed by atoms with E-state index in [4.69, 9.17) is 5.26 Å². The Hall–Kier alpha value is -2.59. The normalized spacial score (nSPS) is 11.7. The van der Waals surface area contributed by atoms with Gasteiger partial charge in [-0.25, -0.2) is 18.7 Å². The number of nitrogens with zero attached hydrogens (tertiary/aromatic N) is 3. The predicted octanol–water partition coefficient (Wildman–Crippen LogP) is 1.77. The van der Waals surface area contributed by atoms with Crippen molar-refractivity contribution in [3.05, 3.63) is 53.4 Å². The lowest BCUT2D eigenvalue weighted by atomic mass is 10.1. The van der Waals surface area contributed by atoms with Gasteiger partial charge in [-0.2, -0.15) is 5.26 Å². The molecule has 0 amide bonds. The second kappa shape index (κ2) is 6.04. The zero-order chi connectivity index (χ0) is 14.5. The number of halogens is 2. The summed E-state index contributed by atoms with van der Waals surface area (Å²) in [5.41, 5.74) is 0.380. The smallest absolute Gasteiger partial charge is 0.223 e. The standard InChI is InChI=1S/C13H10F2N4O/c14-9-1-2-10(11(15)3-9)12(7-20)19-13-17-5-8(4-16)6-18-13/h1-3,5-6,12,20H,7H2,(H,17,18,19). The number of nitrogens with one attached hydrogen (secondary N) is 1. The van der Waals surface area contributed by atoms with Crippen molar-refractivity contribution in [3.8, 4) is 6.07 Å². The second-order valence-electron chi connectivity index (χ2n) is 3.95. The Bertz CT molecular complexity index is 640. The monoisotopic (exact) mass is 276 g/mol. The molecule has 102 valence electrons. The van der Waals surface area contributed by atoms with Crippen LogP contribution in [0, 0.1) is 23.0 Å². The zero-order valence-corrected chi connectivity index (χ0v) is 10.2. The molecule has 20 heavy (non-hydrogen) atoms. The summed E-state index contributed by atoms with van der Waals surface area (Å²) in [6, 6.07) is 4.12. The molecule has 0 aliphatic rings. The summed E-state index contributed by atoms with van der Waals surface area (Å²) in [6.07, 6.45) is 2.59. The van der Waals surface area contributed by atoms with Crippen LogP contribution in [0.5, 0.6) is 0 Å². The van der Waals surface area contributed by atoms with Crippen LogP contribution < -0.4 is 5.32 Å². The highest BCUT2D eigenvalue weighted by atomic mass is 19.1. The molecular weight excluding hydrogens is 266 g/mol. The van der Waals surface area contributed by atoms with E-state index in [0.29, 0.717) is 0 Å². The van der Waals surface area contributed by atoms with Gasteiger partial charge < -0.3 is 10.4 Å². The summed E-state index contributed by atoms with van der Waals surface area (Å²) in [6.45, 7) is -0.425. The van der Waals surface area contributed by atoms with E-state index < -0.39 is 24.3 Å². The molecule has 1 heterocycles. The number of rotatable bonds is 4. The number of hydrogen-bond donors (Lipinski definition) is 2. The Balaban J connectivity index is 2.22. The lowest BCUT2D eigenvalue weighted by Crippen LogP contribution is -2.18. The molecule has 7 heteroatoms. The molecule has 0 radical (unpaired) electrons. The van der Waals surface area contributed by atoms with Crippen LogP contribution in [0.1, 0.15) is 17.2 Å². The van der Waals surface area contributed by atoms with Crippen molar-refractivity contribution in [2.75, 3.05) is 11.9 Å². The van der Waals surface area contributed by atoms with Crippen molar-refractivity contribution in [1.29, 1.82) is 5.26 Å². The van der Waals surface area contributed by atoms with Crippen molar-refractivity contribution < 1.29 is 13.9 Å². The molecule has 0 aliphatic heterocycles. The molecule has 2 rings (SSSR count). The van der Waals surface area contributed by atoms with E-state index in [1.807, 2.05) is 6.07 Å². The maximum absolute atomic E-state index is 13.6. The highest BCUT2D eigenvalue weighted by Crippen LogP contribution is 2.20. The highest BCUT2D eigenvalue weighted by molar-refractivity contribution is 5.35. The summed E-state index contributed by atoms with van der Waals surface area (Å²) in [7, 11) is 0. The van der Waals surface area contributed by atoms with Gasteiger partial charge in [-0.15, -0.1) is 0 Å². The molecule has 1 atom stereocenters. The maximum atomic E-state index is 13.6. The number of benzene rings is 1. The average molecular weight is 276 g/mol. The quantitative estimate of drug-likeness (QED) is 0.889. The van der Waals surface area contributed by atoms with Gasteiger partial charge in [-0.3, -0.25) is 0 Å². The number of aliphatic hydroxyl groups excluding tert-OH is 1. The summed E-state index contributed by atoms with van der Waals surface area (Å²) in [4.78, 5) is 7.72. The van der Waals surface area contributed by atoms with Gasteiger partial charge in [-0.1, -0.05) is 6.07 Å². The van der Waals surface area contributed by atoms with E-state index in [-0.39, 0.29) is 17.1 Å². The SMILES string of the molecule is N#Cc1cnc(NC(CO)c2ccc(F)cc2F)nc1. The fourth-order valence-corrected chi connectivity index (χ4v) is 1.62. The van der Waals surface area contributed by atoms with Crippen LogP contribution >= 0.6 is 0 Å². The molecule has 0 saturated carbocycles. The predicted molar refractivity (Wildman–Crippen MR) is 66.6 cm³/mol. The second-order valence-corrected chi connectivity index (χ2v) is 3.95. The first-order valence-corrected chi connectivity index (χ1v) is 5.68. The molecule has 0 bridgehead atoms. The van der Waals surface area contributed by atoms with Crippen molar-refractivity contribution in [3.63, 3.8) is 0 Å². The maximum Gasteiger partial charge on any atom is 0.223 e. The van der Waals surface area contributed by atoms with E-state index in [9.17, 15) is 13.9 Å². The van der Waals surface area contributed by atoms with Crippen molar-refractivity contribution in [2.45, 2.75) is 6.04 Å². The molecule has 5 nitrogen and oxygen atoms in total. The van der Waals surface area contributed by atoms with Crippen molar-refractivity contribution in [1.82, 2.24) is 9.97 Å². The van der Waals surface area contributed by atoms with Crippen LogP contribution in [0.4, 0.5) is 14.7 Å². The molecule has 0 aliphatic carbocycles. The molecule has 1 aromatic heterocycles. The molecule has 0 fully saturated rings. The van der Waals surface area contributed by atoms with Crippen molar-refractivity contribution >= 4 is 5.95 Å². The minimum Gasteiger partial charge on any atom is -0.394 e. The number of anilines is 1.